The minimum absolute atomic E-state index is 0.0163. The SMILES string of the molecule is COCCC(C)N1C(=O)C(CC(C)C)NC1C(C)C. The van der Waals surface area contributed by atoms with E-state index in [4.69, 9.17) is 4.74 Å². The van der Waals surface area contributed by atoms with Gasteiger partial charge in [-0.3, -0.25) is 10.1 Å². The van der Waals surface area contributed by atoms with Gasteiger partial charge in [0, 0.05) is 19.8 Å². The van der Waals surface area contributed by atoms with Gasteiger partial charge in [0.25, 0.3) is 0 Å². The highest BCUT2D eigenvalue weighted by Crippen LogP contribution is 2.24. The smallest absolute Gasteiger partial charge is 0.241 e. The van der Waals surface area contributed by atoms with Gasteiger partial charge in [0.2, 0.25) is 5.91 Å². The van der Waals surface area contributed by atoms with E-state index < -0.39 is 0 Å². The summed E-state index contributed by atoms with van der Waals surface area (Å²) in [5.74, 6) is 1.21. The van der Waals surface area contributed by atoms with Gasteiger partial charge in [-0.05, 0) is 31.6 Å². The Morgan fingerprint density at radius 1 is 1.26 bits per heavy atom. The van der Waals surface area contributed by atoms with Crippen LogP contribution >= 0.6 is 0 Å². The molecule has 3 unspecified atom stereocenters. The van der Waals surface area contributed by atoms with Crippen molar-refractivity contribution in [1.29, 1.82) is 0 Å². The summed E-state index contributed by atoms with van der Waals surface area (Å²) in [4.78, 5) is 14.6. The van der Waals surface area contributed by atoms with Crippen LogP contribution in [-0.2, 0) is 9.53 Å². The van der Waals surface area contributed by atoms with E-state index in [-0.39, 0.29) is 24.2 Å². The molecule has 0 aromatic carbocycles. The second-order valence-electron chi connectivity index (χ2n) is 6.41. The first-order chi connectivity index (χ1) is 8.88. The van der Waals surface area contributed by atoms with Crippen LogP contribution in [0.2, 0.25) is 0 Å². The summed E-state index contributed by atoms with van der Waals surface area (Å²) < 4.78 is 5.14. The van der Waals surface area contributed by atoms with Crippen molar-refractivity contribution in [2.75, 3.05) is 13.7 Å². The fourth-order valence-corrected chi connectivity index (χ4v) is 2.75. The molecule has 1 N–H and O–H groups in total. The summed E-state index contributed by atoms with van der Waals surface area (Å²) in [5.41, 5.74) is 0. The summed E-state index contributed by atoms with van der Waals surface area (Å²) in [6.45, 7) is 11.5. The summed E-state index contributed by atoms with van der Waals surface area (Å²) in [6.07, 6.45) is 1.96. The third kappa shape index (κ3) is 4.18. The third-order valence-corrected chi connectivity index (χ3v) is 3.78. The monoisotopic (exact) mass is 270 g/mol. The van der Waals surface area contributed by atoms with Crippen LogP contribution in [-0.4, -0.2) is 42.8 Å². The zero-order valence-electron chi connectivity index (χ0n) is 13.3. The standard InChI is InChI=1S/C15H30N2O2/c1-10(2)9-13-15(18)17(12(5)7-8-19-6)14(16-13)11(3)4/h10-14,16H,7-9H2,1-6H3. The molecule has 1 amide bonds. The molecule has 3 atom stereocenters. The second kappa shape index (κ2) is 7.25. The number of amides is 1. The first-order valence-corrected chi connectivity index (χ1v) is 7.45. The zero-order chi connectivity index (χ0) is 14.6. The molecule has 0 aromatic heterocycles. The van der Waals surface area contributed by atoms with Crippen molar-refractivity contribution in [3.8, 4) is 0 Å². The van der Waals surface area contributed by atoms with Crippen LogP contribution in [0.4, 0.5) is 0 Å². The van der Waals surface area contributed by atoms with E-state index in [0.717, 1.165) is 12.8 Å². The molecule has 112 valence electrons. The van der Waals surface area contributed by atoms with Gasteiger partial charge in [0.1, 0.15) is 0 Å². The first kappa shape index (κ1) is 16.4. The summed E-state index contributed by atoms with van der Waals surface area (Å²) in [7, 11) is 1.71. The molecule has 1 saturated heterocycles. The number of nitrogens with one attached hydrogen (secondary N) is 1. The Morgan fingerprint density at radius 3 is 2.37 bits per heavy atom. The Balaban J connectivity index is 2.76. The third-order valence-electron chi connectivity index (χ3n) is 3.78. The number of hydrogen-bond acceptors (Lipinski definition) is 3. The Hall–Kier alpha value is -0.610. The average Bonchev–Trinajstić information content (AvgIpc) is 2.63. The first-order valence-electron chi connectivity index (χ1n) is 7.45. The van der Waals surface area contributed by atoms with E-state index in [1.165, 1.54) is 0 Å². The molecule has 1 aliphatic heterocycles. The molecule has 1 heterocycles. The predicted molar refractivity (Wildman–Crippen MR) is 77.8 cm³/mol. The Labute approximate surface area is 117 Å². The number of ether oxygens (including phenoxy) is 1. The summed E-state index contributed by atoms with van der Waals surface area (Å²) >= 11 is 0. The minimum Gasteiger partial charge on any atom is -0.385 e. The quantitative estimate of drug-likeness (QED) is 0.771. The lowest BCUT2D eigenvalue weighted by Crippen LogP contribution is -2.46. The highest BCUT2D eigenvalue weighted by atomic mass is 16.5. The van der Waals surface area contributed by atoms with Crippen molar-refractivity contribution in [2.45, 2.75) is 65.7 Å². The molecule has 0 spiro atoms. The molecular formula is C15H30N2O2. The van der Waals surface area contributed by atoms with E-state index in [1.54, 1.807) is 7.11 Å². The van der Waals surface area contributed by atoms with Gasteiger partial charge < -0.3 is 9.64 Å². The van der Waals surface area contributed by atoms with Crippen LogP contribution < -0.4 is 5.32 Å². The van der Waals surface area contributed by atoms with E-state index in [1.807, 2.05) is 4.90 Å². The second-order valence-corrected chi connectivity index (χ2v) is 6.41. The molecule has 1 rings (SSSR count). The highest BCUT2D eigenvalue weighted by Gasteiger charge is 2.42. The number of hydrogen-bond donors (Lipinski definition) is 1. The van der Waals surface area contributed by atoms with Crippen molar-refractivity contribution < 1.29 is 9.53 Å². The number of methoxy groups -OCH3 is 1. The number of nitrogens with zero attached hydrogens (tertiary/aromatic N) is 1. The van der Waals surface area contributed by atoms with Crippen LogP contribution in [0.25, 0.3) is 0 Å². The fourth-order valence-electron chi connectivity index (χ4n) is 2.75. The molecule has 1 fully saturated rings. The van der Waals surface area contributed by atoms with E-state index in [2.05, 4.69) is 39.9 Å². The van der Waals surface area contributed by atoms with E-state index >= 15 is 0 Å². The van der Waals surface area contributed by atoms with Crippen molar-refractivity contribution in [2.24, 2.45) is 11.8 Å². The normalized spacial score (nSPS) is 25.7. The van der Waals surface area contributed by atoms with Gasteiger partial charge in [-0.25, -0.2) is 0 Å². The van der Waals surface area contributed by atoms with Crippen molar-refractivity contribution in [1.82, 2.24) is 10.2 Å². The largest absolute Gasteiger partial charge is 0.385 e. The van der Waals surface area contributed by atoms with Gasteiger partial charge in [0.05, 0.1) is 12.2 Å². The van der Waals surface area contributed by atoms with Crippen molar-refractivity contribution in [3.63, 3.8) is 0 Å². The molecule has 0 radical (unpaired) electrons. The summed E-state index contributed by atoms with van der Waals surface area (Å²) in [5, 5.41) is 3.51. The maximum Gasteiger partial charge on any atom is 0.241 e. The molecule has 4 nitrogen and oxygen atoms in total. The topological polar surface area (TPSA) is 41.6 Å². The summed E-state index contributed by atoms with van der Waals surface area (Å²) in [6, 6.07) is 0.210. The lowest BCUT2D eigenvalue weighted by atomic mass is 10.0. The number of carbonyl (C=O) groups is 1. The van der Waals surface area contributed by atoms with Crippen LogP contribution in [0.1, 0.15) is 47.5 Å². The maximum atomic E-state index is 12.6. The number of carbonyl (C=O) groups excluding carboxylic acids is 1. The molecular weight excluding hydrogens is 240 g/mol. The minimum atomic E-state index is -0.0163. The number of rotatable bonds is 7. The van der Waals surface area contributed by atoms with E-state index in [0.29, 0.717) is 18.4 Å². The lowest BCUT2D eigenvalue weighted by Gasteiger charge is -2.32. The highest BCUT2D eigenvalue weighted by molar-refractivity contribution is 5.84. The Bertz CT molecular complexity index is 292. The van der Waals surface area contributed by atoms with Crippen LogP contribution in [0.5, 0.6) is 0 Å². The van der Waals surface area contributed by atoms with Gasteiger partial charge in [-0.2, -0.15) is 0 Å². The molecule has 0 saturated carbocycles. The van der Waals surface area contributed by atoms with Crippen molar-refractivity contribution >= 4 is 5.91 Å². The van der Waals surface area contributed by atoms with Gasteiger partial charge in [-0.15, -0.1) is 0 Å². The van der Waals surface area contributed by atoms with E-state index in [9.17, 15) is 4.79 Å². The van der Waals surface area contributed by atoms with Crippen LogP contribution in [0.3, 0.4) is 0 Å². The molecule has 4 heteroatoms. The molecule has 0 aromatic rings. The predicted octanol–water partition coefficient (Wildman–Crippen LogP) is 2.24. The van der Waals surface area contributed by atoms with Crippen LogP contribution in [0.15, 0.2) is 0 Å². The maximum absolute atomic E-state index is 12.6. The molecule has 19 heavy (non-hydrogen) atoms. The van der Waals surface area contributed by atoms with Gasteiger partial charge in [0.15, 0.2) is 0 Å². The van der Waals surface area contributed by atoms with Gasteiger partial charge in [-0.1, -0.05) is 27.7 Å². The molecule has 0 bridgehead atoms. The van der Waals surface area contributed by atoms with Crippen LogP contribution in [0, 0.1) is 11.8 Å². The average molecular weight is 270 g/mol. The fraction of sp³-hybridized carbons (Fsp3) is 0.933. The molecule has 1 aliphatic rings. The molecule has 0 aliphatic carbocycles. The van der Waals surface area contributed by atoms with Gasteiger partial charge >= 0.3 is 0 Å². The Morgan fingerprint density at radius 2 is 1.89 bits per heavy atom. The Kier molecular flexibility index (Phi) is 6.27. The zero-order valence-corrected chi connectivity index (χ0v) is 13.3. The van der Waals surface area contributed by atoms with Crippen molar-refractivity contribution in [3.05, 3.63) is 0 Å². The lowest BCUT2D eigenvalue weighted by molar-refractivity contribution is -0.133.